The van der Waals surface area contributed by atoms with Crippen LogP contribution in [0.3, 0.4) is 0 Å². The zero-order chi connectivity index (χ0) is 13.8. The maximum Gasteiger partial charge on any atom is 0.415 e. The Labute approximate surface area is 108 Å². The van der Waals surface area contributed by atoms with Crippen LogP contribution < -0.4 is 0 Å². The Morgan fingerprint density at radius 2 is 2.06 bits per heavy atom. The first kappa shape index (κ1) is 14.5. The monoisotopic (exact) mass is 255 g/mol. The molecule has 1 aliphatic heterocycles. The van der Waals surface area contributed by atoms with E-state index in [1.807, 2.05) is 6.08 Å². The van der Waals surface area contributed by atoms with Crippen LogP contribution in [0.15, 0.2) is 12.3 Å². The second kappa shape index (κ2) is 5.89. The third kappa shape index (κ3) is 4.05. The maximum absolute atomic E-state index is 12.0. The Morgan fingerprint density at radius 3 is 2.61 bits per heavy atom. The van der Waals surface area contributed by atoms with Crippen LogP contribution in [0.4, 0.5) is 4.79 Å². The highest BCUT2D eigenvalue weighted by molar-refractivity contribution is 5.82. The first-order valence-corrected chi connectivity index (χ1v) is 6.19. The minimum atomic E-state index is -0.582. The van der Waals surface area contributed by atoms with E-state index in [2.05, 4.69) is 0 Å². The smallest absolute Gasteiger partial charge is 0.415 e. The molecule has 0 fully saturated rings. The van der Waals surface area contributed by atoms with Crippen LogP contribution in [0.1, 0.15) is 40.5 Å². The lowest BCUT2D eigenvalue weighted by molar-refractivity contribution is -0.148. The van der Waals surface area contributed by atoms with E-state index in [9.17, 15) is 9.59 Å². The summed E-state index contributed by atoms with van der Waals surface area (Å²) in [7, 11) is 0. The normalized spacial score (nSPS) is 19.6. The van der Waals surface area contributed by atoms with Gasteiger partial charge in [0.1, 0.15) is 11.6 Å². The summed E-state index contributed by atoms with van der Waals surface area (Å²) < 4.78 is 10.2. The van der Waals surface area contributed by atoms with Crippen molar-refractivity contribution in [2.75, 3.05) is 6.61 Å². The predicted molar refractivity (Wildman–Crippen MR) is 66.9 cm³/mol. The minimum Gasteiger partial charge on any atom is -0.464 e. The summed E-state index contributed by atoms with van der Waals surface area (Å²) in [6.07, 6.45) is 4.24. The van der Waals surface area contributed by atoms with E-state index < -0.39 is 17.7 Å². The zero-order valence-corrected chi connectivity index (χ0v) is 11.4. The standard InChI is InChI=1S/C13H21NO4/c1-5-17-11(15)10-8-6-7-9-14(10)12(16)18-13(2,3)4/h7,9-10H,5-6,8H2,1-4H3. The summed E-state index contributed by atoms with van der Waals surface area (Å²) in [4.78, 5) is 25.1. The summed E-state index contributed by atoms with van der Waals surface area (Å²) in [6.45, 7) is 7.42. The average Bonchev–Trinajstić information content (AvgIpc) is 2.27. The van der Waals surface area contributed by atoms with Crippen LogP contribution in [0.25, 0.3) is 0 Å². The maximum atomic E-state index is 12.0. The molecule has 102 valence electrons. The highest BCUT2D eigenvalue weighted by Gasteiger charge is 2.33. The van der Waals surface area contributed by atoms with Gasteiger partial charge in [0.25, 0.3) is 0 Å². The van der Waals surface area contributed by atoms with Crippen LogP contribution in [-0.4, -0.2) is 35.2 Å². The molecule has 0 aliphatic carbocycles. The number of carbonyl (C=O) groups excluding carboxylic acids is 2. The van der Waals surface area contributed by atoms with Gasteiger partial charge in [-0.25, -0.2) is 9.59 Å². The predicted octanol–water partition coefficient (Wildman–Crippen LogP) is 2.46. The molecule has 1 atom stereocenters. The van der Waals surface area contributed by atoms with Gasteiger partial charge in [0.05, 0.1) is 6.61 Å². The molecular weight excluding hydrogens is 234 g/mol. The van der Waals surface area contributed by atoms with Crippen molar-refractivity contribution < 1.29 is 19.1 Å². The number of amides is 1. The third-order valence-corrected chi connectivity index (χ3v) is 2.37. The number of ether oxygens (including phenoxy) is 2. The molecule has 0 radical (unpaired) electrons. The molecule has 5 nitrogen and oxygen atoms in total. The van der Waals surface area contributed by atoms with E-state index in [1.54, 1.807) is 33.9 Å². The molecule has 5 heteroatoms. The Balaban J connectivity index is 2.76. The SMILES string of the molecule is CCOC(=O)C1CCC=CN1C(=O)OC(C)(C)C. The van der Waals surface area contributed by atoms with Gasteiger partial charge in [-0.05, 0) is 40.5 Å². The van der Waals surface area contributed by atoms with Crippen molar-refractivity contribution in [2.24, 2.45) is 0 Å². The number of nitrogens with zero attached hydrogens (tertiary/aromatic N) is 1. The van der Waals surface area contributed by atoms with Gasteiger partial charge in [-0.3, -0.25) is 4.90 Å². The molecule has 1 heterocycles. The molecular formula is C13H21NO4. The van der Waals surface area contributed by atoms with Crippen LogP contribution in [0, 0.1) is 0 Å². The van der Waals surface area contributed by atoms with Crippen LogP contribution in [0.5, 0.6) is 0 Å². The van der Waals surface area contributed by atoms with E-state index in [4.69, 9.17) is 9.47 Å². The van der Waals surface area contributed by atoms with E-state index in [0.29, 0.717) is 13.0 Å². The van der Waals surface area contributed by atoms with Crippen molar-refractivity contribution in [2.45, 2.75) is 52.2 Å². The van der Waals surface area contributed by atoms with Gasteiger partial charge >= 0.3 is 12.1 Å². The van der Waals surface area contributed by atoms with Gasteiger partial charge in [0.2, 0.25) is 0 Å². The lowest BCUT2D eigenvalue weighted by atomic mass is 10.1. The van der Waals surface area contributed by atoms with Crippen molar-refractivity contribution in [3.05, 3.63) is 12.3 Å². The Hall–Kier alpha value is -1.52. The molecule has 0 aromatic carbocycles. The highest BCUT2D eigenvalue weighted by Crippen LogP contribution is 2.20. The molecule has 0 bridgehead atoms. The summed E-state index contributed by atoms with van der Waals surface area (Å²) in [5.74, 6) is -0.382. The number of allylic oxidation sites excluding steroid dienone is 1. The summed E-state index contributed by atoms with van der Waals surface area (Å²) >= 11 is 0. The first-order valence-electron chi connectivity index (χ1n) is 6.19. The van der Waals surface area contributed by atoms with Crippen LogP contribution in [0.2, 0.25) is 0 Å². The molecule has 1 aliphatic rings. The molecule has 0 spiro atoms. The summed E-state index contributed by atoms with van der Waals surface area (Å²) in [5, 5.41) is 0. The van der Waals surface area contributed by atoms with Gasteiger partial charge in [0.15, 0.2) is 0 Å². The number of esters is 1. The lowest BCUT2D eigenvalue weighted by Gasteiger charge is -2.31. The average molecular weight is 255 g/mol. The number of hydrogen-bond acceptors (Lipinski definition) is 4. The van der Waals surface area contributed by atoms with Crippen molar-refractivity contribution in [1.82, 2.24) is 4.90 Å². The number of hydrogen-bond donors (Lipinski definition) is 0. The fraction of sp³-hybridized carbons (Fsp3) is 0.692. The van der Waals surface area contributed by atoms with E-state index >= 15 is 0 Å². The van der Waals surface area contributed by atoms with Crippen molar-refractivity contribution in [3.63, 3.8) is 0 Å². The second-order valence-corrected chi connectivity index (χ2v) is 5.12. The fourth-order valence-electron chi connectivity index (χ4n) is 1.66. The summed E-state index contributed by atoms with van der Waals surface area (Å²) in [6, 6.07) is -0.579. The van der Waals surface area contributed by atoms with E-state index in [0.717, 1.165) is 6.42 Å². The topological polar surface area (TPSA) is 55.8 Å². The second-order valence-electron chi connectivity index (χ2n) is 5.12. The zero-order valence-electron chi connectivity index (χ0n) is 11.4. The Morgan fingerprint density at radius 1 is 1.39 bits per heavy atom. The third-order valence-electron chi connectivity index (χ3n) is 2.37. The van der Waals surface area contributed by atoms with Gasteiger partial charge in [0, 0.05) is 6.20 Å². The van der Waals surface area contributed by atoms with Crippen molar-refractivity contribution in [1.29, 1.82) is 0 Å². The van der Waals surface area contributed by atoms with Gasteiger partial charge in [-0.15, -0.1) is 0 Å². The van der Waals surface area contributed by atoms with Crippen LogP contribution in [-0.2, 0) is 14.3 Å². The van der Waals surface area contributed by atoms with Gasteiger partial charge in [-0.2, -0.15) is 0 Å². The van der Waals surface area contributed by atoms with Crippen molar-refractivity contribution >= 4 is 12.1 Å². The van der Waals surface area contributed by atoms with Crippen molar-refractivity contribution in [3.8, 4) is 0 Å². The Kier molecular flexibility index (Phi) is 4.76. The van der Waals surface area contributed by atoms with Gasteiger partial charge < -0.3 is 9.47 Å². The van der Waals surface area contributed by atoms with Gasteiger partial charge in [-0.1, -0.05) is 6.08 Å². The highest BCUT2D eigenvalue weighted by atomic mass is 16.6. The largest absolute Gasteiger partial charge is 0.464 e. The first-order chi connectivity index (χ1) is 8.35. The minimum absolute atomic E-state index is 0.307. The molecule has 0 saturated heterocycles. The number of carbonyl (C=O) groups is 2. The molecule has 0 aromatic heterocycles. The van der Waals surface area contributed by atoms with Crippen LogP contribution >= 0.6 is 0 Å². The molecule has 1 amide bonds. The molecule has 0 aromatic rings. The van der Waals surface area contributed by atoms with E-state index in [-0.39, 0.29) is 5.97 Å². The van der Waals surface area contributed by atoms with E-state index in [1.165, 1.54) is 4.90 Å². The number of rotatable bonds is 2. The fourth-order valence-corrected chi connectivity index (χ4v) is 1.66. The summed E-state index contributed by atoms with van der Waals surface area (Å²) in [5.41, 5.74) is -0.582. The molecule has 18 heavy (non-hydrogen) atoms. The quantitative estimate of drug-likeness (QED) is 0.711. The molecule has 0 saturated carbocycles. The molecule has 0 N–H and O–H groups in total. The molecule has 1 unspecified atom stereocenters. The Bertz CT molecular complexity index is 343. The molecule has 1 rings (SSSR count). The lowest BCUT2D eigenvalue weighted by Crippen LogP contribution is -2.46.